The van der Waals surface area contributed by atoms with Crippen molar-refractivity contribution in [1.82, 2.24) is 14.5 Å². The fourth-order valence-corrected chi connectivity index (χ4v) is 6.22. The van der Waals surface area contributed by atoms with Crippen molar-refractivity contribution in [1.29, 1.82) is 0 Å². The van der Waals surface area contributed by atoms with Crippen LogP contribution in [0, 0.1) is 5.92 Å². The standard InChI is InChI=1S/C24H38N4O4S/c1-19-6-3-4-14-27(19)15-5-13-25-24(30)18-21-11-16-28(17-12-21)33(31,32)23-9-7-22(8-10-23)26-20(2)29/h7-10,19,21H,3-6,11-18H2,1-2H3,(H,25,30)(H,26,29)/t19-/m1/s1. The molecule has 9 heteroatoms. The molecular weight excluding hydrogens is 440 g/mol. The first-order valence-electron chi connectivity index (χ1n) is 12.1. The predicted molar refractivity (Wildman–Crippen MR) is 129 cm³/mol. The summed E-state index contributed by atoms with van der Waals surface area (Å²) in [5.74, 6) is 0.0746. The van der Waals surface area contributed by atoms with Crippen LogP contribution < -0.4 is 10.6 Å². The summed E-state index contributed by atoms with van der Waals surface area (Å²) in [4.78, 5) is 26.2. The van der Waals surface area contributed by atoms with E-state index >= 15 is 0 Å². The Morgan fingerprint density at radius 1 is 1.03 bits per heavy atom. The van der Waals surface area contributed by atoms with Crippen molar-refractivity contribution >= 4 is 27.5 Å². The summed E-state index contributed by atoms with van der Waals surface area (Å²) in [7, 11) is -3.58. The number of piperidine rings is 2. The Bertz CT molecular complexity index is 896. The number of hydrogen-bond acceptors (Lipinski definition) is 5. The minimum Gasteiger partial charge on any atom is -0.356 e. The van der Waals surface area contributed by atoms with Crippen molar-refractivity contribution in [3.63, 3.8) is 0 Å². The van der Waals surface area contributed by atoms with Crippen molar-refractivity contribution < 1.29 is 18.0 Å². The van der Waals surface area contributed by atoms with Gasteiger partial charge in [-0.15, -0.1) is 0 Å². The molecule has 2 heterocycles. The van der Waals surface area contributed by atoms with E-state index in [1.165, 1.54) is 42.6 Å². The van der Waals surface area contributed by atoms with Gasteiger partial charge in [0.2, 0.25) is 21.8 Å². The predicted octanol–water partition coefficient (Wildman–Crippen LogP) is 2.82. The molecule has 184 valence electrons. The lowest BCUT2D eigenvalue weighted by Crippen LogP contribution is -2.40. The van der Waals surface area contributed by atoms with Crippen LogP contribution in [0.3, 0.4) is 0 Å². The molecule has 0 radical (unpaired) electrons. The van der Waals surface area contributed by atoms with Crippen LogP contribution in [-0.4, -0.2) is 68.2 Å². The van der Waals surface area contributed by atoms with Gasteiger partial charge in [-0.05, 0) is 75.8 Å². The molecule has 1 aromatic rings. The van der Waals surface area contributed by atoms with Crippen molar-refractivity contribution in [3.05, 3.63) is 24.3 Å². The molecule has 0 unspecified atom stereocenters. The van der Waals surface area contributed by atoms with Crippen LogP contribution >= 0.6 is 0 Å². The smallest absolute Gasteiger partial charge is 0.243 e. The maximum atomic E-state index is 12.9. The van der Waals surface area contributed by atoms with Gasteiger partial charge in [0.05, 0.1) is 4.90 Å². The van der Waals surface area contributed by atoms with E-state index in [0.29, 0.717) is 50.6 Å². The Hall–Kier alpha value is -1.97. The van der Waals surface area contributed by atoms with E-state index in [0.717, 1.165) is 19.5 Å². The van der Waals surface area contributed by atoms with Gasteiger partial charge in [-0.2, -0.15) is 4.31 Å². The van der Waals surface area contributed by atoms with Gasteiger partial charge in [0.15, 0.2) is 0 Å². The molecule has 0 saturated carbocycles. The number of hydrogen-bond donors (Lipinski definition) is 2. The molecule has 1 aromatic carbocycles. The van der Waals surface area contributed by atoms with E-state index < -0.39 is 10.0 Å². The van der Waals surface area contributed by atoms with Gasteiger partial charge in [0, 0.05) is 51.3 Å². The minimum absolute atomic E-state index is 0.0663. The summed E-state index contributed by atoms with van der Waals surface area (Å²) in [6, 6.07) is 6.87. The lowest BCUT2D eigenvalue weighted by Gasteiger charge is -2.33. The fraction of sp³-hybridized carbons (Fsp3) is 0.667. The number of benzene rings is 1. The van der Waals surface area contributed by atoms with E-state index in [2.05, 4.69) is 22.5 Å². The van der Waals surface area contributed by atoms with Crippen LogP contribution in [-0.2, 0) is 19.6 Å². The van der Waals surface area contributed by atoms with E-state index in [-0.39, 0.29) is 22.6 Å². The number of nitrogens with zero attached hydrogens (tertiary/aromatic N) is 2. The number of rotatable bonds is 9. The first-order chi connectivity index (χ1) is 15.8. The van der Waals surface area contributed by atoms with Crippen LogP contribution in [0.2, 0.25) is 0 Å². The zero-order chi connectivity index (χ0) is 23.8. The third-order valence-corrected chi connectivity index (χ3v) is 8.66. The fourth-order valence-electron chi connectivity index (χ4n) is 4.75. The summed E-state index contributed by atoms with van der Waals surface area (Å²) in [6.07, 6.45) is 6.65. The highest BCUT2D eigenvalue weighted by Gasteiger charge is 2.30. The topological polar surface area (TPSA) is 98.8 Å². The van der Waals surface area contributed by atoms with Crippen LogP contribution in [0.4, 0.5) is 5.69 Å². The Kier molecular flexibility index (Phi) is 9.28. The first kappa shape index (κ1) is 25.6. The number of amides is 2. The molecule has 2 saturated heterocycles. The maximum absolute atomic E-state index is 12.9. The Labute approximate surface area is 198 Å². The van der Waals surface area contributed by atoms with E-state index in [1.807, 2.05) is 0 Å². The van der Waals surface area contributed by atoms with Crippen molar-refractivity contribution in [2.75, 3.05) is 38.0 Å². The highest BCUT2D eigenvalue weighted by atomic mass is 32.2. The van der Waals surface area contributed by atoms with Gasteiger partial charge in [-0.1, -0.05) is 6.42 Å². The first-order valence-corrected chi connectivity index (χ1v) is 13.6. The van der Waals surface area contributed by atoms with Crippen LogP contribution in [0.1, 0.15) is 58.8 Å². The second-order valence-corrected chi connectivity index (χ2v) is 11.3. The molecule has 0 aliphatic carbocycles. The summed E-state index contributed by atoms with van der Waals surface area (Å²) in [6.45, 7) is 7.42. The van der Waals surface area contributed by atoms with Crippen molar-refractivity contribution in [3.8, 4) is 0 Å². The quantitative estimate of drug-likeness (QED) is 0.532. The number of carbonyl (C=O) groups is 2. The van der Waals surface area contributed by atoms with E-state index in [9.17, 15) is 18.0 Å². The van der Waals surface area contributed by atoms with Gasteiger partial charge in [-0.25, -0.2) is 8.42 Å². The monoisotopic (exact) mass is 478 g/mol. The highest BCUT2D eigenvalue weighted by Crippen LogP contribution is 2.26. The molecular formula is C24H38N4O4S. The molecule has 2 amide bonds. The SMILES string of the molecule is CC(=O)Nc1ccc(S(=O)(=O)N2CCC(CC(=O)NCCCN3CCCC[C@H]3C)CC2)cc1. The van der Waals surface area contributed by atoms with Crippen molar-refractivity contribution in [2.45, 2.75) is 69.7 Å². The third-order valence-electron chi connectivity index (χ3n) is 6.74. The molecule has 0 spiro atoms. The second kappa shape index (κ2) is 11.9. The Balaban J connectivity index is 1.38. The molecule has 2 N–H and O–H groups in total. The lowest BCUT2D eigenvalue weighted by atomic mass is 9.94. The third kappa shape index (κ3) is 7.52. The van der Waals surface area contributed by atoms with Gasteiger partial charge in [0.1, 0.15) is 0 Å². The summed E-state index contributed by atoms with van der Waals surface area (Å²) < 4.78 is 27.4. The molecule has 3 rings (SSSR count). The average Bonchev–Trinajstić information content (AvgIpc) is 2.78. The highest BCUT2D eigenvalue weighted by molar-refractivity contribution is 7.89. The van der Waals surface area contributed by atoms with Gasteiger partial charge < -0.3 is 15.5 Å². The zero-order valence-corrected chi connectivity index (χ0v) is 20.7. The van der Waals surface area contributed by atoms with E-state index in [1.54, 1.807) is 12.1 Å². The largest absolute Gasteiger partial charge is 0.356 e. The van der Waals surface area contributed by atoms with Crippen LogP contribution in [0.25, 0.3) is 0 Å². The Morgan fingerprint density at radius 3 is 2.36 bits per heavy atom. The van der Waals surface area contributed by atoms with Gasteiger partial charge in [-0.3, -0.25) is 9.59 Å². The number of nitrogens with one attached hydrogen (secondary N) is 2. The number of sulfonamides is 1. The summed E-state index contributed by atoms with van der Waals surface area (Å²) in [5, 5.41) is 5.68. The summed E-state index contributed by atoms with van der Waals surface area (Å²) >= 11 is 0. The van der Waals surface area contributed by atoms with Crippen LogP contribution in [0.15, 0.2) is 29.2 Å². The molecule has 33 heavy (non-hydrogen) atoms. The Morgan fingerprint density at radius 2 is 1.73 bits per heavy atom. The molecule has 2 aliphatic rings. The van der Waals surface area contributed by atoms with Gasteiger partial charge >= 0.3 is 0 Å². The molecule has 2 fully saturated rings. The minimum atomic E-state index is -3.58. The number of anilines is 1. The number of likely N-dealkylation sites (tertiary alicyclic amines) is 1. The molecule has 1 atom stereocenters. The normalized spacial score (nSPS) is 21.0. The van der Waals surface area contributed by atoms with Crippen LogP contribution in [0.5, 0.6) is 0 Å². The summed E-state index contributed by atoms with van der Waals surface area (Å²) in [5.41, 5.74) is 0.566. The zero-order valence-electron chi connectivity index (χ0n) is 19.9. The lowest BCUT2D eigenvalue weighted by molar-refractivity contribution is -0.122. The van der Waals surface area contributed by atoms with Gasteiger partial charge in [0.25, 0.3) is 0 Å². The number of carbonyl (C=O) groups excluding carboxylic acids is 2. The van der Waals surface area contributed by atoms with Crippen molar-refractivity contribution in [2.24, 2.45) is 5.92 Å². The molecule has 8 nitrogen and oxygen atoms in total. The average molecular weight is 479 g/mol. The molecule has 2 aliphatic heterocycles. The van der Waals surface area contributed by atoms with E-state index in [4.69, 9.17) is 0 Å². The maximum Gasteiger partial charge on any atom is 0.243 e. The second-order valence-electron chi connectivity index (χ2n) is 9.34. The molecule has 0 bridgehead atoms. The molecule has 0 aromatic heterocycles.